The molecule has 0 fully saturated rings. The number of amides is 1. The van der Waals surface area contributed by atoms with Crippen LogP contribution >= 0.6 is 11.3 Å². The molecular weight excluding hydrogens is 506 g/mol. The number of aromatic nitrogens is 1. The van der Waals surface area contributed by atoms with E-state index in [2.05, 4.69) is 4.99 Å². The summed E-state index contributed by atoms with van der Waals surface area (Å²) >= 11 is 1.16. The fourth-order valence-electron chi connectivity index (χ4n) is 3.39. The number of carbonyl (C=O) groups excluding carboxylic acids is 2. The zero-order valence-electron chi connectivity index (χ0n) is 21.0. The number of ether oxygens (including phenoxy) is 3. The molecule has 1 heterocycles. The van der Waals surface area contributed by atoms with Crippen LogP contribution in [0.3, 0.4) is 0 Å². The van der Waals surface area contributed by atoms with Crippen molar-refractivity contribution in [1.29, 1.82) is 0 Å². The van der Waals surface area contributed by atoms with Crippen LogP contribution in [0.25, 0.3) is 10.2 Å². The van der Waals surface area contributed by atoms with Crippen LogP contribution in [0, 0.1) is 0 Å². The summed E-state index contributed by atoms with van der Waals surface area (Å²) in [4.78, 5) is 30.0. The molecule has 0 aliphatic rings. The number of rotatable bonds is 9. The molecule has 0 bridgehead atoms. The minimum atomic E-state index is -3.69. The van der Waals surface area contributed by atoms with Gasteiger partial charge in [-0.3, -0.25) is 9.59 Å². The number of hydrogen-bond acceptors (Lipinski definition) is 8. The molecule has 1 amide bonds. The van der Waals surface area contributed by atoms with Crippen LogP contribution in [0.4, 0.5) is 0 Å². The molecule has 10 nitrogen and oxygen atoms in total. The maximum Gasteiger partial charge on any atom is 0.326 e. The molecule has 0 aliphatic carbocycles. The smallest absolute Gasteiger partial charge is 0.326 e. The minimum Gasteiger partial charge on any atom is -0.495 e. The lowest BCUT2D eigenvalue weighted by Crippen LogP contribution is -2.33. The number of hydrogen-bond donors (Lipinski definition) is 0. The van der Waals surface area contributed by atoms with Gasteiger partial charge in [0, 0.05) is 18.7 Å². The second kappa shape index (κ2) is 11.2. The largest absolute Gasteiger partial charge is 0.495 e. The van der Waals surface area contributed by atoms with E-state index < -0.39 is 21.9 Å². The van der Waals surface area contributed by atoms with E-state index in [1.165, 1.54) is 49.8 Å². The highest BCUT2D eigenvalue weighted by Gasteiger charge is 2.23. The van der Waals surface area contributed by atoms with E-state index in [9.17, 15) is 18.0 Å². The molecular formula is C24H29N3O7S2. The van der Waals surface area contributed by atoms with E-state index in [0.717, 1.165) is 11.3 Å². The first-order valence-corrected chi connectivity index (χ1v) is 13.4. The lowest BCUT2D eigenvalue weighted by Gasteiger charge is -2.20. The predicted molar refractivity (Wildman–Crippen MR) is 136 cm³/mol. The van der Waals surface area contributed by atoms with Crippen LogP contribution in [0.5, 0.6) is 11.5 Å². The Kier molecular flexibility index (Phi) is 8.54. The zero-order chi connectivity index (χ0) is 26.6. The summed E-state index contributed by atoms with van der Waals surface area (Å²) in [5, 5.41) is 0. The van der Waals surface area contributed by atoms with Gasteiger partial charge < -0.3 is 18.8 Å². The van der Waals surface area contributed by atoms with Crippen molar-refractivity contribution < 1.29 is 32.2 Å². The van der Waals surface area contributed by atoms with Crippen molar-refractivity contribution in [2.24, 2.45) is 4.99 Å². The molecule has 0 atom stereocenters. The van der Waals surface area contributed by atoms with E-state index in [-0.39, 0.29) is 34.5 Å². The third kappa shape index (κ3) is 5.45. The molecule has 0 unspecified atom stereocenters. The summed E-state index contributed by atoms with van der Waals surface area (Å²) in [6.45, 7) is 5.26. The number of carbonyl (C=O) groups is 2. The monoisotopic (exact) mass is 535 g/mol. The molecule has 0 radical (unpaired) electrons. The average molecular weight is 536 g/mol. The van der Waals surface area contributed by atoms with Crippen LogP contribution in [0.15, 0.2) is 46.3 Å². The van der Waals surface area contributed by atoms with Crippen LogP contribution in [0.1, 0.15) is 31.1 Å². The van der Waals surface area contributed by atoms with E-state index in [0.29, 0.717) is 21.7 Å². The Morgan fingerprint density at radius 2 is 1.67 bits per heavy atom. The van der Waals surface area contributed by atoms with Crippen molar-refractivity contribution in [1.82, 2.24) is 8.87 Å². The molecule has 0 saturated heterocycles. The van der Waals surface area contributed by atoms with Crippen molar-refractivity contribution in [3.05, 3.63) is 46.8 Å². The molecule has 3 rings (SSSR count). The van der Waals surface area contributed by atoms with Crippen LogP contribution < -0.4 is 14.3 Å². The van der Waals surface area contributed by atoms with E-state index in [1.54, 1.807) is 37.5 Å². The Bertz CT molecular complexity index is 1440. The average Bonchev–Trinajstić information content (AvgIpc) is 3.20. The van der Waals surface area contributed by atoms with Gasteiger partial charge in [-0.15, -0.1) is 0 Å². The third-order valence-electron chi connectivity index (χ3n) is 5.49. The summed E-state index contributed by atoms with van der Waals surface area (Å²) < 4.78 is 44.9. The molecule has 0 spiro atoms. The maximum atomic E-state index is 13.1. The second-order valence-electron chi connectivity index (χ2n) is 7.98. The summed E-state index contributed by atoms with van der Waals surface area (Å²) in [6, 6.07) is 8.79. The minimum absolute atomic E-state index is 0.0731. The van der Waals surface area contributed by atoms with Gasteiger partial charge in [-0.25, -0.2) is 8.42 Å². The molecule has 0 N–H and O–H groups in total. The van der Waals surface area contributed by atoms with Gasteiger partial charge in [-0.1, -0.05) is 11.3 Å². The number of benzene rings is 2. The van der Waals surface area contributed by atoms with Gasteiger partial charge in [0.2, 0.25) is 10.0 Å². The lowest BCUT2D eigenvalue weighted by atomic mass is 10.2. The normalized spacial score (nSPS) is 12.4. The Morgan fingerprint density at radius 3 is 2.22 bits per heavy atom. The van der Waals surface area contributed by atoms with Crippen LogP contribution in [-0.4, -0.2) is 63.1 Å². The summed E-state index contributed by atoms with van der Waals surface area (Å²) in [6.07, 6.45) is 0. The first-order chi connectivity index (χ1) is 17.0. The van der Waals surface area contributed by atoms with Crippen molar-refractivity contribution >= 4 is 43.5 Å². The van der Waals surface area contributed by atoms with E-state index >= 15 is 0 Å². The number of esters is 1. The Labute approximate surface area is 213 Å². The molecule has 36 heavy (non-hydrogen) atoms. The zero-order valence-corrected chi connectivity index (χ0v) is 22.6. The van der Waals surface area contributed by atoms with Gasteiger partial charge >= 0.3 is 5.97 Å². The number of sulfonamides is 1. The lowest BCUT2D eigenvalue weighted by molar-refractivity contribution is -0.143. The van der Waals surface area contributed by atoms with E-state index in [1.807, 2.05) is 0 Å². The molecule has 0 aliphatic heterocycles. The van der Waals surface area contributed by atoms with Crippen molar-refractivity contribution in [3.63, 3.8) is 0 Å². The van der Waals surface area contributed by atoms with E-state index in [4.69, 9.17) is 14.2 Å². The molecule has 12 heteroatoms. The Morgan fingerprint density at radius 1 is 1.06 bits per heavy atom. The standard InChI is InChI=1S/C24H29N3O7S2/c1-7-34-20(28)14-27-21-18(32-5)12-13-19(33-6)22(21)35-24(27)25-23(29)16-8-10-17(11-9-16)36(30,31)26(4)15(2)3/h8-13,15H,7,14H2,1-6H3. The Hall–Kier alpha value is -3.22. The SMILES string of the molecule is CCOC(=O)Cn1c(=NC(=O)c2ccc(S(=O)(=O)N(C)C(C)C)cc2)sc2c(OC)ccc(OC)c21. The Balaban J connectivity index is 2.11. The van der Waals surface area contributed by atoms with Crippen molar-refractivity contribution in [2.45, 2.75) is 38.3 Å². The van der Waals surface area contributed by atoms with Crippen molar-refractivity contribution in [3.8, 4) is 11.5 Å². The highest BCUT2D eigenvalue weighted by molar-refractivity contribution is 7.89. The predicted octanol–water partition coefficient (Wildman–Crippen LogP) is 3.05. The van der Waals surface area contributed by atoms with Gasteiger partial charge in [0.1, 0.15) is 28.3 Å². The summed E-state index contributed by atoms with van der Waals surface area (Å²) in [7, 11) is 0.834. The highest BCUT2D eigenvalue weighted by Crippen LogP contribution is 2.35. The van der Waals surface area contributed by atoms with Gasteiger partial charge in [0.15, 0.2) is 4.80 Å². The molecule has 1 aromatic heterocycles. The summed E-state index contributed by atoms with van der Waals surface area (Å²) in [5.74, 6) is -0.0896. The first-order valence-electron chi connectivity index (χ1n) is 11.1. The quantitative estimate of drug-likeness (QED) is 0.387. The molecule has 0 saturated carbocycles. The highest BCUT2D eigenvalue weighted by atomic mass is 32.2. The van der Waals surface area contributed by atoms with Crippen molar-refractivity contribution in [2.75, 3.05) is 27.9 Å². The number of methoxy groups -OCH3 is 2. The van der Waals surface area contributed by atoms with Gasteiger partial charge in [-0.2, -0.15) is 9.30 Å². The fraction of sp³-hybridized carbons (Fsp3) is 0.375. The topological polar surface area (TPSA) is 117 Å². The number of fused-ring (bicyclic) bond motifs is 1. The van der Waals surface area contributed by atoms with Crippen LogP contribution in [0.2, 0.25) is 0 Å². The molecule has 194 valence electrons. The van der Waals surface area contributed by atoms with Gasteiger partial charge in [-0.05, 0) is 57.2 Å². The second-order valence-corrected chi connectivity index (χ2v) is 11.0. The maximum absolute atomic E-state index is 13.1. The number of thiazole rings is 1. The third-order valence-corrected chi connectivity index (χ3v) is 8.63. The number of nitrogens with zero attached hydrogens (tertiary/aromatic N) is 3. The van der Waals surface area contributed by atoms with Crippen LogP contribution in [-0.2, 0) is 26.1 Å². The van der Waals surface area contributed by atoms with Gasteiger partial charge in [0.25, 0.3) is 5.91 Å². The summed E-state index contributed by atoms with van der Waals surface area (Å²) in [5.41, 5.74) is 0.736. The molecule has 3 aromatic rings. The fourth-order valence-corrected chi connectivity index (χ4v) is 5.89. The van der Waals surface area contributed by atoms with Gasteiger partial charge in [0.05, 0.1) is 25.7 Å². The first kappa shape index (κ1) is 27.4. The molecule has 2 aromatic carbocycles.